The highest BCUT2D eigenvalue weighted by atomic mass is 16.5. The van der Waals surface area contributed by atoms with Gasteiger partial charge in [-0.2, -0.15) is 0 Å². The van der Waals surface area contributed by atoms with Crippen molar-refractivity contribution < 1.29 is 4.74 Å². The number of hydrogen-bond acceptors (Lipinski definition) is 6. The van der Waals surface area contributed by atoms with Crippen molar-refractivity contribution in [3.8, 4) is 11.4 Å². The predicted molar refractivity (Wildman–Crippen MR) is 99.8 cm³/mol. The molecule has 3 N–H and O–H groups in total. The first-order valence-corrected chi connectivity index (χ1v) is 9.09. The van der Waals surface area contributed by atoms with Crippen LogP contribution >= 0.6 is 0 Å². The summed E-state index contributed by atoms with van der Waals surface area (Å²) in [7, 11) is 0. The molecular weight excluding hydrogens is 328 g/mol. The average molecular weight is 350 g/mol. The van der Waals surface area contributed by atoms with Crippen LogP contribution in [0.15, 0.2) is 30.6 Å². The van der Waals surface area contributed by atoms with Gasteiger partial charge >= 0.3 is 0 Å². The van der Waals surface area contributed by atoms with E-state index < -0.39 is 0 Å². The Hall–Kier alpha value is -2.51. The summed E-state index contributed by atoms with van der Waals surface area (Å²) in [5, 5.41) is 1.02. The highest BCUT2D eigenvalue weighted by molar-refractivity contribution is 5.91. The van der Waals surface area contributed by atoms with Crippen molar-refractivity contribution in [2.45, 2.75) is 31.3 Å². The van der Waals surface area contributed by atoms with Gasteiger partial charge in [-0.3, -0.25) is 0 Å². The van der Waals surface area contributed by atoms with E-state index in [0.717, 1.165) is 47.5 Å². The number of morpholine rings is 1. The first-order valence-electron chi connectivity index (χ1n) is 9.09. The van der Waals surface area contributed by atoms with Gasteiger partial charge in [0, 0.05) is 36.0 Å². The molecule has 0 aromatic carbocycles. The third kappa shape index (κ3) is 2.55. The number of nitrogens with one attached hydrogen (secondary N) is 1. The van der Waals surface area contributed by atoms with E-state index in [1.54, 1.807) is 6.20 Å². The maximum absolute atomic E-state index is 6.49. The maximum Gasteiger partial charge on any atom is 0.162 e. The molecule has 3 aromatic rings. The van der Waals surface area contributed by atoms with Gasteiger partial charge < -0.3 is 20.4 Å². The van der Waals surface area contributed by atoms with E-state index in [0.29, 0.717) is 19.0 Å². The average Bonchev–Trinajstić information content (AvgIpc) is 3.23. The molecule has 3 aromatic heterocycles. The van der Waals surface area contributed by atoms with Crippen molar-refractivity contribution in [3.05, 3.63) is 36.3 Å². The Labute approximate surface area is 151 Å². The maximum atomic E-state index is 6.49. The van der Waals surface area contributed by atoms with E-state index in [2.05, 4.69) is 27.9 Å². The number of aromatic nitrogens is 4. The van der Waals surface area contributed by atoms with E-state index in [9.17, 15) is 0 Å². The quantitative estimate of drug-likeness (QED) is 0.752. The van der Waals surface area contributed by atoms with Crippen LogP contribution in [0.4, 0.5) is 5.82 Å². The van der Waals surface area contributed by atoms with Gasteiger partial charge in [0.05, 0.1) is 30.5 Å². The highest BCUT2D eigenvalue weighted by Gasteiger charge is 2.42. The smallest absolute Gasteiger partial charge is 0.162 e. The van der Waals surface area contributed by atoms with E-state index in [1.807, 2.05) is 18.3 Å². The molecule has 0 bridgehead atoms. The van der Waals surface area contributed by atoms with Crippen molar-refractivity contribution in [2.75, 3.05) is 24.7 Å². The van der Waals surface area contributed by atoms with E-state index in [-0.39, 0.29) is 11.6 Å². The monoisotopic (exact) mass is 350 g/mol. The normalized spacial score (nSPS) is 21.9. The summed E-state index contributed by atoms with van der Waals surface area (Å²) in [4.78, 5) is 19.6. The molecule has 1 unspecified atom stereocenters. The summed E-state index contributed by atoms with van der Waals surface area (Å²) in [5.41, 5.74) is 8.92. The number of anilines is 1. The third-order valence-electron chi connectivity index (χ3n) is 5.37. The molecule has 1 aliphatic carbocycles. The Morgan fingerprint density at radius 1 is 1.31 bits per heavy atom. The SMILES string of the molecule is CC1COCCN1c1cc(C2(N)CC2)nc(-c2ccnc3[nH]ccc23)n1. The molecule has 0 radical (unpaired) electrons. The largest absolute Gasteiger partial charge is 0.377 e. The number of nitrogens with two attached hydrogens (primary N) is 1. The van der Waals surface area contributed by atoms with Crippen LogP contribution in [-0.2, 0) is 10.3 Å². The zero-order chi connectivity index (χ0) is 17.7. The molecular formula is C19H22N6O. The fourth-order valence-electron chi connectivity index (χ4n) is 3.57. The second kappa shape index (κ2) is 5.75. The third-order valence-corrected chi connectivity index (χ3v) is 5.37. The Morgan fingerprint density at radius 3 is 3.00 bits per heavy atom. The van der Waals surface area contributed by atoms with Crippen molar-refractivity contribution in [1.82, 2.24) is 19.9 Å². The van der Waals surface area contributed by atoms with Crippen molar-refractivity contribution in [3.63, 3.8) is 0 Å². The number of hydrogen-bond donors (Lipinski definition) is 2. The lowest BCUT2D eigenvalue weighted by Crippen LogP contribution is -2.44. The number of aromatic amines is 1. The minimum absolute atomic E-state index is 0.275. The number of ether oxygens (including phenoxy) is 1. The topological polar surface area (TPSA) is 93.0 Å². The molecule has 5 rings (SSSR count). The lowest BCUT2D eigenvalue weighted by molar-refractivity contribution is 0.0985. The van der Waals surface area contributed by atoms with Crippen LogP contribution in [0.25, 0.3) is 22.4 Å². The van der Waals surface area contributed by atoms with Crippen LogP contribution in [0.5, 0.6) is 0 Å². The number of pyridine rings is 1. The molecule has 0 amide bonds. The van der Waals surface area contributed by atoms with E-state index >= 15 is 0 Å². The van der Waals surface area contributed by atoms with Crippen LogP contribution in [0.1, 0.15) is 25.5 Å². The molecule has 134 valence electrons. The molecule has 1 aliphatic heterocycles. The van der Waals surface area contributed by atoms with Crippen LogP contribution in [0.2, 0.25) is 0 Å². The number of H-pyrrole nitrogens is 1. The van der Waals surface area contributed by atoms with E-state index in [4.69, 9.17) is 20.4 Å². The summed E-state index contributed by atoms with van der Waals surface area (Å²) >= 11 is 0. The molecule has 7 heteroatoms. The zero-order valence-electron chi connectivity index (χ0n) is 14.8. The summed E-state index contributed by atoms with van der Waals surface area (Å²) in [6.45, 7) is 4.40. The van der Waals surface area contributed by atoms with Crippen molar-refractivity contribution in [2.24, 2.45) is 5.73 Å². The Balaban J connectivity index is 1.67. The van der Waals surface area contributed by atoms with Crippen molar-refractivity contribution in [1.29, 1.82) is 0 Å². The summed E-state index contributed by atoms with van der Waals surface area (Å²) in [6, 6.07) is 6.32. The summed E-state index contributed by atoms with van der Waals surface area (Å²) in [6.07, 6.45) is 5.62. The molecule has 2 aliphatic rings. The number of rotatable bonds is 3. The second-order valence-electron chi connectivity index (χ2n) is 7.31. The minimum atomic E-state index is -0.313. The molecule has 4 heterocycles. The van der Waals surface area contributed by atoms with Gasteiger partial charge in [-0.15, -0.1) is 0 Å². The number of nitrogens with zero attached hydrogens (tertiary/aromatic N) is 4. The molecule has 26 heavy (non-hydrogen) atoms. The fourth-order valence-corrected chi connectivity index (χ4v) is 3.57. The molecule has 1 saturated carbocycles. The van der Waals surface area contributed by atoms with E-state index in [1.165, 1.54) is 0 Å². The van der Waals surface area contributed by atoms with Gasteiger partial charge in [0.2, 0.25) is 0 Å². The summed E-state index contributed by atoms with van der Waals surface area (Å²) in [5.74, 6) is 1.64. The van der Waals surface area contributed by atoms with Gasteiger partial charge in [-0.25, -0.2) is 15.0 Å². The minimum Gasteiger partial charge on any atom is -0.377 e. The summed E-state index contributed by atoms with van der Waals surface area (Å²) < 4.78 is 5.58. The standard InChI is InChI=1S/C19H22N6O/c1-12-11-26-9-8-25(12)16-10-15(19(20)4-5-19)23-18(24-16)14-3-7-22-17-13(14)2-6-21-17/h2-3,6-7,10,12H,4-5,8-9,11,20H2,1H3,(H,21,22). The second-order valence-corrected chi connectivity index (χ2v) is 7.31. The lowest BCUT2D eigenvalue weighted by Gasteiger charge is -2.34. The Bertz CT molecular complexity index is 964. The van der Waals surface area contributed by atoms with Crippen LogP contribution < -0.4 is 10.6 Å². The van der Waals surface area contributed by atoms with Gasteiger partial charge in [0.1, 0.15) is 11.5 Å². The molecule has 0 spiro atoms. The zero-order valence-corrected chi connectivity index (χ0v) is 14.8. The molecule has 7 nitrogen and oxygen atoms in total. The Kier molecular flexibility index (Phi) is 3.48. The Morgan fingerprint density at radius 2 is 2.19 bits per heavy atom. The van der Waals surface area contributed by atoms with Crippen molar-refractivity contribution >= 4 is 16.9 Å². The van der Waals surface area contributed by atoms with Crippen LogP contribution in [-0.4, -0.2) is 45.7 Å². The van der Waals surface area contributed by atoms with Gasteiger partial charge in [0.25, 0.3) is 0 Å². The fraction of sp³-hybridized carbons (Fsp3) is 0.421. The first kappa shape index (κ1) is 15.7. The van der Waals surface area contributed by atoms with Crippen LogP contribution in [0, 0.1) is 0 Å². The molecule has 1 saturated heterocycles. The molecule has 2 fully saturated rings. The first-order chi connectivity index (χ1) is 12.6. The van der Waals surface area contributed by atoms with Gasteiger partial charge in [-0.05, 0) is 31.9 Å². The van der Waals surface area contributed by atoms with Gasteiger partial charge in [0.15, 0.2) is 5.82 Å². The molecule has 1 atom stereocenters. The lowest BCUT2D eigenvalue weighted by atomic mass is 10.1. The predicted octanol–water partition coefficient (Wildman–Crippen LogP) is 2.19. The van der Waals surface area contributed by atoms with Gasteiger partial charge in [-0.1, -0.05) is 0 Å². The highest BCUT2D eigenvalue weighted by Crippen LogP contribution is 2.43. The number of fused-ring (bicyclic) bond motifs is 1. The van der Waals surface area contributed by atoms with Crippen LogP contribution in [0.3, 0.4) is 0 Å².